The molecule has 3 N–H and O–H groups in total. The maximum atomic E-state index is 11.5. The minimum absolute atomic E-state index is 0.0182. The van der Waals surface area contributed by atoms with Crippen LogP contribution in [0.1, 0.15) is 52.2 Å². The molecule has 1 aromatic carbocycles. The highest BCUT2D eigenvalue weighted by molar-refractivity contribution is 5.83. The summed E-state index contributed by atoms with van der Waals surface area (Å²) in [7, 11) is 0. The molecule has 1 unspecified atom stereocenters. The molecule has 1 rings (SSSR count). The van der Waals surface area contributed by atoms with E-state index in [1.807, 2.05) is 25.1 Å². The van der Waals surface area contributed by atoms with E-state index < -0.39 is 11.4 Å². The second-order valence-corrected chi connectivity index (χ2v) is 6.04. The summed E-state index contributed by atoms with van der Waals surface area (Å²) < 4.78 is 0. The van der Waals surface area contributed by atoms with Gasteiger partial charge in [-0.3, -0.25) is 4.79 Å². The molecule has 0 saturated carbocycles. The van der Waals surface area contributed by atoms with E-state index in [0.717, 1.165) is 5.56 Å². The lowest BCUT2D eigenvalue weighted by atomic mass is 9.76. The summed E-state index contributed by atoms with van der Waals surface area (Å²) in [4.78, 5) is 11.5. The summed E-state index contributed by atoms with van der Waals surface area (Å²) in [6.07, 6.45) is 0.514. The Morgan fingerprint density at radius 3 is 2.22 bits per heavy atom. The van der Waals surface area contributed by atoms with Crippen molar-refractivity contribution in [2.24, 2.45) is 0 Å². The standard InChI is InChI=1S/C15H23NO2/c1-6-15(5,13(17)18)11-9-10(14(2,3)4)7-8-12(11)16/h7-9H,6,16H2,1-5H3,(H,17,18). The van der Waals surface area contributed by atoms with E-state index in [0.29, 0.717) is 17.7 Å². The lowest BCUT2D eigenvalue weighted by Crippen LogP contribution is -2.33. The minimum Gasteiger partial charge on any atom is -0.481 e. The third-order valence-corrected chi connectivity index (χ3v) is 3.69. The van der Waals surface area contributed by atoms with Crippen molar-refractivity contribution in [1.29, 1.82) is 0 Å². The molecule has 3 nitrogen and oxygen atoms in total. The second kappa shape index (κ2) is 4.63. The van der Waals surface area contributed by atoms with Crippen molar-refractivity contribution in [3.63, 3.8) is 0 Å². The third kappa shape index (κ3) is 2.50. The second-order valence-electron chi connectivity index (χ2n) is 6.04. The predicted octanol–water partition coefficient (Wildman–Crippen LogP) is 3.32. The van der Waals surface area contributed by atoms with Crippen molar-refractivity contribution in [2.75, 3.05) is 5.73 Å². The van der Waals surface area contributed by atoms with Crippen LogP contribution in [0.25, 0.3) is 0 Å². The van der Waals surface area contributed by atoms with Crippen molar-refractivity contribution in [3.05, 3.63) is 29.3 Å². The summed E-state index contributed by atoms with van der Waals surface area (Å²) in [5.74, 6) is -0.831. The first-order valence-corrected chi connectivity index (χ1v) is 6.27. The fourth-order valence-corrected chi connectivity index (χ4v) is 1.96. The highest BCUT2D eigenvalue weighted by Crippen LogP contribution is 2.35. The van der Waals surface area contributed by atoms with Crippen molar-refractivity contribution in [1.82, 2.24) is 0 Å². The molecular weight excluding hydrogens is 226 g/mol. The van der Waals surface area contributed by atoms with Gasteiger partial charge in [-0.05, 0) is 36.0 Å². The van der Waals surface area contributed by atoms with Gasteiger partial charge >= 0.3 is 5.97 Å². The molecule has 0 aliphatic rings. The quantitative estimate of drug-likeness (QED) is 0.808. The fourth-order valence-electron chi connectivity index (χ4n) is 1.96. The van der Waals surface area contributed by atoms with Gasteiger partial charge in [0.25, 0.3) is 0 Å². The highest BCUT2D eigenvalue weighted by Gasteiger charge is 2.35. The van der Waals surface area contributed by atoms with E-state index >= 15 is 0 Å². The molecule has 1 atom stereocenters. The molecule has 0 saturated heterocycles. The number of nitrogen functional groups attached to an aromatic ring is 1. The lowest BCUT2D eigenvalue weighted by molar-refractivity contribution is -0.143. The van der Waals surface area contributed by atoms with Gasteiger partial charge in [-0.25, -0.2) is 0 Å². The number of carbonyl (C=O) groups is 1. The Labute approximate surface area is 109 Å². The van der Waals surface area contributed by atoms with Crippen molar-refractivity contribution in [2.45, 2.75) is 51.9 Å². The number of hydrogen-bond donors (Lipinski definition) is 2. The molecule has 0 amide bonds. The number of carboxylic acid groups (broad SMARTS) is 1. The summed E-state index contributed by atoms with van der Waals surface area (Å²) in [5.41, 5.74) is 7.39. The fraction of sp³-hybridized carbons (Fsp3) is 0.533. The van der Waals surface area contributed by atoms with E-state index in [-0.39, 0.29) is 5.41 Å². The van der Waals surface area contributed by atoms with Crippen LogP contribution in [0, 0.1) is 0 Å². The Morgan fingerprint density at radius 2 is 1.83 bits per heavy atom. The first-order valence-electron chi connectivity index (χ1n) is 6.27. The van der Waals surface area contributed by atoms with E-state index in [2.05, 4.69) is 20.8 Å². The lowest BCUT2D eigenvalue weighted by Gasteiger charge is -2.28. The maximum absolute atomic E-state index is 11.5. The summed E-state index contributed by atoms with van der Waals surface area (Å²) in [6.45, 7) is 9.91. The van der Waals surface area contributed by atoms with E-state index in [1.54, 1.807) is 6.92 Å². The number of anilines is 1. The number of aliphatic carboxylic acids is 1. The van der Waals surface area contributed by atoms with Crippen LogP contribution in [-0.4, -0.2) is 11.1 Å². The SMILES string of the molecule is CCC(C)(C(=O)O)c1cc(C(C)(C)C)ccc1N. The molecule has 0 radical (unpaired) electrons. The van der Waals surface area contributed by atoms with Gasteiger partial charge in [-0.1, -0.05) is 39.8 Å². The van der Waals surface area contributed by atoms with E-state index in [4.69, 9.17) is 5.73 Å². The average molecular weight is 249 g/mol. The van der Waals surface area contributed by atoms with E-state index in [1.165, 1.54) is 0 Å². The first-order chi connectivity index (χ1) is 8.13. The Hall–Kier alpha value is -1.51. The smallest absolute Gasteiger partial charge is 0.313 e. The zero-order valence-corrected chi connectivity index (χ0v) is 11.9. The molecule has 0 aliphatic carbocycles. The third-order valence-electron chi connectivity index (χ3n) is 3.69. The van der Waals surface area contributed by atoms with Crippen LogP contribution in [-0.2, 0) is 15.6 Å². The van der Waals surface area contributed by atoms with Crippen LogP contribution >= 0.6 is 0 Å². The van der Waals surface area contributed by atoms with Gasteiger partial charge in [-0.2, -0.15) is 0 Å². The minimum atomic E-state index is -0.925. The summed E-state index contributed by atoms with van der Waals surface area (Å²) >= 11 is 0. The molecule has 0 aliphatic heterocycles. The number of carboxylic acids is 1. The van der Waals surface area contributed by atoms with Gasteiger partial charge in [0.2, 0.25) is 0 Å². The van der Waals surface area contributed by atoms with Crippen LogP contribution in [0.3, 0.4) is 0 Å². The molecule has 3 heteroatoms. The molecule has 0 bridgehead atoms. The number of hydrogen-bond acceptors (Lipinski definition) is 2. The molecule has 0 spiro atoms. The van der Waals surface area contributed by atoms with Gasteiger partial charge in [0.1, 0.15) is 0 Å². The first kappa shape index (κ1) is 14.6. The molecule has 0 fully saturated rings. The van der Waals surface area contributed by atoms with Gasteiger partial charge < -0.3 is 10.8 Å². The summed E-state index contributed by atoms with van der Waals surface area (Å²) in [6, 6.07) is 5.72. The van der Waals surface area contributed by atoms with Crippen LogP contribution < -0.4 is 5.73 Å². The number of rotatable bonds is 3. The van der Waals surface area contributed by atoms with Gasteiger partial charge in [0.15, 0.2) is 0 Å². The monoisotopic (exact) mass is 249 g/mol. The Kier molecular flexibility index (Phi) is 3.75. The van der Waals surface area contributed by atoms with Crippen molar-refractivity contribution >= 4 is 11.7 Å². The number of nitrogens with two attached hydrogens (primary N) is 1. The van der Waals surface area contributed by atoms with E-state index in [9.17, 15) is 9.90 Å². The zero-order valence-electron chi connectivity index (χ0n) is 11.9. The van der Waals surface area contributed by atoms with Gasteiger partial charge in [-0.15, -0.1) is 0 Å². The number of benzene rings is 1. The Bertz CT molecular complexity index is 460. The van der Waals surface area contributed by atoms with Gasteiger partial charge in [0.05, 0.1) is 5.41 Å². The van der Waals surface area contributed by atoms with Crippen LogP contribution in [0.15, 0.2) is 18.2 Å². The van der Waals surface area contributed by atoms with Crippen molar-refractivity contribution < 1.29 is 9.90 Å². The molecular formula is C15H23NO2. The normalized spacial score (nSPS) is 15.2. The van der Waals surface area contributed by atoms with Crippen LogP contribution in [0.5, 0.6) is 0 Å². The average Bonchev–Trinajstić information content (AvgIpc) is 2.26. The van der Waals surface area contributed by atoms with Crippen molar-refractivity contribution in [3.8, 4) is 0 Å². The Balaban J connectivity index is 3.44. The molecule has 0 aromatic heterocycles. The largest absolute Gasteiger partial charge is 0.481 e. The van der Waals surface area contributed by atoms with Gasteiger partial charge in [0, 0.05) is 5.69 Å². The predicted molar refractivity (Wildman–Crippen MR) is 74.8 cm³/mol. The van der Waals surface area contributed by atoms with Crippen LogP contribution in [0.2, 0.25) is 0 Å². The molecule has 1 aromatic rings. The summed E-state index contributed by atoms with van der Waals surface area (Å²) in [5, 5.41) is 9.45. The molecule has 0 heterocycles. The molecule has 100 valence electrons. The van der Waals surface area contributed by atoms with Crippen LogP contribution in [0.4, 0.5) is 5.69 Å². The zero-order chi connectivity index (χ0) is 14.1. The molecule has 18 heavy (non-hydrogen) atoms. The maximum Gasteiger partial charge on any atom is 0.313 e. The highest BCUT2D eigenvalue weighted by atomic mass is 16.4. The topological polar surface area (TPSA) is 63.3 Å². The Morgan fingerprint density at radius 1 is 1.28 bits per heavy atom.